The lowest BCUT2D eigenvalue weighted by Gasteiger charge is -2.34. The number of nitrogens with one attached hydrogen (secondary N) is 1. The highest BCUT2D eigenvalue weighted by atomic mass is 19.1. The van der Waals surface area contributed by atoms with Crippen molar-refractivity contribution in [3.05, 3.63) is 64.0 Å². The van der Waals surface area contributed by atoms with Crippen LogP contribution in [-0.4, -0.2) is 47.4 Å². The summed E-state index contributed by atoms with van der Waals surface area (Å²) in [6, 6.07) is 2.11. The number of phenols is 1. The number of halogens is 2. The van der Waals surface area contributed by atoms with Gasteiger partial charge in [-0.1, -0.05) is 20.3 Å². The number of fused-ring (bicyclic) bond motifs is 2. The number of benzene rings is 1. The summed E-state index contributed by atoms with van der Waals surface area (Å²) in [6.07, 6.45) is 6.33. The van der Waals surface area contributed by atoms with Gasteiger partial charge in [0.2, 0.25) is 5.90 Å². The van der Waals surface area contributed by atoms with E-state index < -0.39 is 11.9 Å². The molecule has 0 radical (unpaired) electrons. The summed E-state index contributed by atoms with van der Waals surface area (Å²) in [5.41, 5.74) is 3.70. The SMILES string of the molecule is CCCCN(CO)C1=CC(OC)=NC2C1=CNC(c1cc(O)cc3c1C(CC)=C(F)CC3)=C2F. The zero-order valence-electron chi connectivity index (χ0n) is 19.8. The van der Waals surface area contributed by atoms with Gasteiger partial charge in [0.1, 0.15) is 24.3 Å². The van der Waals surface area contributed by atoms with Crippen LogP contribution in [0.5, 0.6) is 5.75 Å². The highest BCUT2D eigenvalue weighted by Gasteiger charge is 2.36. The van der Waals surface area contributed by atoms with E-state index in [0.717, 1.165) is 18.4 Å². The Balaban J connectivity index is 1.82. The van der Waals surface area contributed by atoms with Gasteiger partial charge >= 0.3 is 0 Å². The summed E-state index contributed by atoms with van der Waals surface area (Å²) in [5.74, 6) is -0.506. The molecule has 0 saturated heterocycles. The number of methoxy groups -OCH3 is 1. The third-order valence-corrected chi connectivity index (χ3v) is 6.53. The van der Waals surface area contributed by atoms with Crippen LogP contribution in [0.1, 0.15) is 56.2 Å². The van der Waals surface area contributed by atoms with Crippen LogP contribution in [0.4, 0.5) is 8.78 Å². The highest BCUT2D eigenvalue weighted by molar-refractivity contribution is 5.92. The van der Waals surface area contributed by atoms with Crippen LogP contribution in [0, 0.1) is 0 Å². The number of aryl methyl sites for hydroxylation is 1. The average Bonchev–Trinajstić information content (AvgIpc) is 2.84. The Hall–Kier alpha value is -3.13. The fourth-order valence-corrected chi connectivity index (χ4v) is 4.82. The lowest BCUT2D eigenvalue weighted by Crippen LogP contribution is -2.35. The van der Waals surface area contributed by atoms with Gasteiger partial charge in [0.05, 0.1) is 18.5 Å². The Labute approximate surface area is 198 Å². The smallest absolute Gasteiger partial charge is 0.211 e. The van der Waals surface area contributed by atoms with Gasteiger partial charge in [0.25, 0.3) is 0 Å². The molecule has 182 valence electrons. The molecule has 0 saturated carbocycles. The molecule has 6 nitrogen and oxygen atoms in total. The third-order valence-electron chi connectivity index (χ3n) is 6.53. The molecule has 0 bridgehead atoms. The van der Waals surface area contributed by atoms with Gasteiger partial charge < -0.3 is 25.2 Å². The molecule has 1 aromatic carbocycles. The summed E-state index contributed by atoms with van der Waals surface area (Å²) >= 11 is 0. The van der Waals surface area contributed by atoms with E-state index in [1.807, 2.05) is 6.92 Å². The minimum absolute atomic E-state index is 0.000259. The molecule has 0 amide bonds. The number of allylic oxidation sites excluding steroid dienone is 2. The van der Waals surface area contributed by atoms with Crippen LogP contribution >= 0.6 is 0 Å². The first kappa shape index (κ1) is 24.0. The number of phenolic OH excluding ortho intramolecular Hbond substituents is 1. The molecule has 3 aliphatic rings. The second kappa shape index (κ2) is 10.0. The van der Waals surface area contributed by atoms with E-state index in [1.165, 1.54) is 13.2 Å². The quantitative estimate of drug-likeness (QED) is 0.492. The number of unbranched alkanes of at least 4 members (excludes halogenated alkanes) is 1. The first-order valence-electron chi connectivity index (χ1n) is 11.7. The van der Waals surface area contributed by atoms with E-state index in [4.69, 9.17) is 4.74 Å². The standard InChI is InChI=1S/C26H31F2N3O3/c1-4-6-9-31(14-32)21-12-22(34-3)30-26-19(21)13-29-25(24(26)28)18-11-16(33)10-15-7-8-20(27)17(5-2)23(15)18/h10-13,26,29,32-33H,4-9,14H2,1-3H3. The lowest BCUT2D eigenvalue weighted by atomic mass is 9.83. The summed E-state index contributed by atoms with van der Waals surface area (Å²) < 4.78 is 36.2. The third kappa shape index (κ3) is 4.22. The van der Waals surface area contributed by atoms with E-state index in [0.29, 0.717) is 47.4 Å². The number of aliphatic hydroxyl groups is 1. The molecular weight excluding hydrogens is 440 g/mol. The van der Waals surface area contributed by atoms with Crippen LogP contribution in [0.15, 0.2) is 52.3 Å². The van der Waals surface area contributed by atoms with Crippen molar-refractivity contribution in [2.75, 3.05) is 20.4 Å². The Bertz CT molecular complexity index is 1130. The summed E-state index contributed by atoms with van der Waals surface area (Å²) in [5, 5.41) is 23.4. The Morgan fingerprint density at radius 1 is 1.24 bits per heavy atom. The van der Waals surface area contributed by atoms with Crippen LogP contribution in [0.3, 0.4) is 0 Å². The molecule has 8 heteroatoms. The Kier molecular flexibility index (Phi) is 7.07. The van der Waals surface area contributed by atoms with Gasteiger partial charge in [0, 0.05) is 36.4 Å². The summed E-state index contributed by atoms with van der Waals surface area (Å²) in [4.78, 5) is 6.20. The van der Waals surface area contributed by atoms with Gasteiger partial charge in [-0.2, -0.15) is 0 Å². The maximum Gasteiger partial charge on any atom is 0.211 e. The van der Waals surface area contributed by atoms with Crippen molar-refractivity contribution >= 4 is 17.2 Å². The number of rotatable bonds is 7. The fourth-order valence-electron chi connectivity index (χ4n) is 4.82. The molecule has 4 rings (SSSR count). The predicted molar refractivity (Wildman–Crippen MR) is 129 cm³/mol. The van der Waals surface area contributed by atoms with Crippen molar-refractivity contribution in [3.63, 3.8) is 0 Å². The van der Waals surface area contributed by atoms with Crippen molar-refractivity contribution in [1.82, 2.24) is 10.2 Å². The first-order valence-corrected chi connectivity index (χ1v) is 11.7. The molecule has 2 heterocycles. The van der Waals surface area contributed by atoms with E-state index in [-0.39, 0.29) is 36.3 Å². The molecular formula is C26H31F2N3O3. The maximum atomic E-state index is 16.1. The van der Waals surface area contributed by atoms with E-state index in [1.54, 1.807) is 23.2 Å². The highest BCUT2D eigenvalue weighted by Crippen LogP contribution is 2.43. The molecule has 1 aliphatic carbocycles. The lowest BCUT2D eigenvalue weighted by molar-refractivity contribution is 0.138. The number of aliphatic hydroxyl groups excluding tert-OH is 1. The molecule has 0 fully saturated rings. The van der Waals surface area contributed by atoms with Crippen LogP contribution < -0.4 is 5.32 Å². The summed E-state index contributed by atoms with van der Waals surface area (Å²) in [7, 11) is 1.47. The topological polar surface area (TPSA) is 77.3 Å². The molecule has 0 aromatic heterocycles. The van der Waals surface area contributed by atoms with E-state index in [9.17, 15) is 14.6 Å². The van der Waals surface area contributed by atoms with Crippen LogP contribution in [0.25, 0.3) is 11.3 Å². The fraction of sp³-hybridized carbons (Fsp3) is 0.423. The van der Waals surface area contributed by atoms with Gasteiger partial charge in [-0.15, -0.1) is 0 Å². The zero-order valence-corrected chi connectivity index (χ0v) is 19.8. The monoisotopic (exact) mass is 471 g/mol. The van der Waals surface area contributed by atoms with Crippen LogP contribution in [-0.2, 0) is 11.2 Å². The van der Waals surface area contributed by atoms with Gasteiger partial charge in [-0.25, -0.2) is 13.8 Å². The van der Waals surface area contributed by atoms with Gasteiger partial charge in [-0.3, -0.25) is 0 Å². The largest absolute Gasteiger partial charge is 0.508 e. The van der Waals surface area contributed by atoms with E-state index >= 15 is 4.39 Å². The summed E-state index contributed by atoms with van der Waals surface area (Å²) in [6.45, 7) is 4.30. The zero-order chi connectivity index (χ0) is 24.4. The molecule has 3 N–H and O–H groups in total. The molecule has 0 spiro atoms. The second-order valence-electron chi connectivity index (χ2n) is 8.59. The average molecular weight is 472 g/mol. The van der Waals surface area contributed by atoms with Crippen molar-refractivity contribution in [2.24, 2.45) is 4.99 Å². The van der Waals surface area contributed by atoms with Crippen LogP contribution in [0.2, 0.25) is 0 Å². The molecule has 1 unspecified atom stereocenters. The maximum absolute atomic E-state index is 16.1. The van der Waals surface area contributed by atoms with Gasteiger partial charge in [-0.05, 0) is 48.1 Å². The number of hydrogen-bond donors (Lipinski definition) is 3. The van der Waals surface area contributed by atoms with Crippen molar-refractivity contribution in [3.8, 4) is 5.75 Å². The number of ether oxygens (including phenoxy) is 1. The molecule has 1 atom stereocenters. The first-order chi connectivity index (χ1) is 16.4. The molecule has 2 aliphatic heterocycles. The number of dihydropyridines is 2. The number of aromatic hydroxyl groups is 1. The van der Waals surface area contributed by atoms with Gasteiger partial charge in [0.15, 0.2) is 5.83 Å². The Morgan fingerprint density at radius 2 is 2.03 bits per heavy atom. The Morgan fingerprint density at radius 3 is 2.71 bits per heavy atom. The van der Waals surface area contributed by atoms with Crippen molar-refractivity contribution < 1.29 is 23.7 Å². The van der Waals surface area contributed by atoms with E-state index in [2.05, 4.69) is 17.2 Å². The molecule has 1 aromatic rings. The normalized spacial score (nSPS) is 19.6. The second-order valence-corrected chi connectivity index (χ2v) is 8.59. The minimum atomic E-state index is -0.984. The minimum Gasteiger partial charge on any atom is -0.508 e. The predicted octanol–water partition coefficient (Wildman–Crippen LogP) is 4.92. The molecule has 34 heavy (non-hydrogen) atoms. The number of nitrogens with zero attached hydrogens (tertiary/aromatic N) is 2. The van der Waals surface area contributed by atoms with Crippen molar-refractivity contribution in [2.45, 2.75) is 52.0 Å². The van der Waals surface area contributed by atoms with Crippen molar-refractivity contribution in [1.29, 1.82) is 0 Å². The number of aliphatic imine (C=N–C) groups is 1. The number of hydrogen-bond acceptors (Lipinski definition) is 6.